The van der Waals surface area contributed by atoms with E-state index in [2.05, 4.69) is 11.1 Å². The molecule has 132 valence electrons. The van der Waals surface area contributed by atoms with Crippen LogP contribution in [-0.4, -0.2) is 15.0 Å². The van der Waals surface area contributed by atoms with E-state index in [1.165, 1.54) is 18.2 Å². The predicted octanol–water partition coefficient (Wildman–Crippen LogP) is 3.31. The van der Waals surface area contributed by atoms with Crippen LogP contribution in [0, 0.1) is 39.7 Å². The summed E-state index contributed by atoms with van der Waals surface area (Å²) in [5, 5.41) is 39.6. The third-order valence-corrected chi connectivity index (χ3v) is 4.49. The number of nitrogens with zero attached hydrogens (tertiary/aromatic N) is 4. The fourth-order valence-corrected chi connectivity index (χ4v) is 3.14. The smallest absolute Gasteiger partial charge is 0.311 e. The molecule has 8 nitrogen and oxygen atoms in total. The lowest BCUT2D eigenvalue weighted by Crippen LogP contribution is -2.03. The Morgan fingerprint density at radius 3 is 2.59 bits per heavy atom. The van der Waals surface area contributed by atoms with Gasteiger partial charge in [0.15, 0.2) is 5.75 Å². The highest BCUT2D eigenvalue weighted by molar-refractivity contribution is 6.08. The standard InChI is InChI=1S/C19H13N5O3/c1-9-12(5-11-3-4-16(25)15(6-11)24(26)27)17-10(2)14(8-21)19(22)23-18(17)13(9)7-20/h3-6,25H,1-2H3,(H2,22,23). The average molecular weight is 359 g/mol. The number of phenols is 1. The molecule has 0 bridgehead atoms. The lowest BCUT2D eigenvalue weighted by Gasteiger charge is -2.11. The third kappa shape index (κ3) is 2.66. The molecule has 0 saturated carbocycles. The Balaban J connectivity index is 2.31. The maximum absolute atomic E-state index is 11.1. The maximum atomic E-state index is 11.1. The largest absolute Gasteiger partial charge is 0.502 e. The molecule has 0 atom stereocenters. The second-order valence-corrected chi connectivity index (χ2v) is 6.01. The number of rotatable bonds is 2. The minimum Gasteiger partial charge on any atom is -0.502 e. The lowest BCUT2D eigenvalue weighted by atomic mass is 9.95. The molecule has 1 aliphatic rings. The van der Waals surface area contributed by atoms with Gasteiger partial charge in [-0.15, -0.1) is 0 Å². The molecule has 1 aliphatic carbocycles. The van der Waals surface area contributed by atoms with Gasteiger partial charge in [0, 0.05) is 11.6 Å². The van der Waals surface area contributed by atoms with Gasteiger partial charge in [0.25, 0.3) is 0 Å². The number of aromatic hydroxyl groups is 1. The second kappa shape index (κ2) is 6.28. The third-order valence-electron chi connectivity index (χ3n) is 4.49. The van der Waals surface area contributed by atoms with E-state index in [1.54, 1.807) is 19.9 Å². The Bertz CT molecular complexity index is 1160. The number of aromatic nitrogens is 1. The molecule has 27 heavy (non-hydrogen) atoms. The number of nitrogen functional groups attached to an aromatic ring is 1. The molecule has 2 aromatic rings. The summed E-state index contributed by atoms with van der Waals surface area (Å²) < 4.78 is 0. The Kier molecular flexibility index (Phi) is 4.11. The number of hydrogen-bond acceptors (Lipinski definition) is 7. The Labute approximate surface area is 154 Å². The molecular formula is C19H13N5O3. The van der Waals surface area contributed by atoms with Gasteiger partial charge in [-0.25, -0.2) is 4.98 Å². The molecule has 0 amide bonds. The van der Waals surface area contributed by atoms with Crippen molar-refractivity contribution in [3.05, 3.63) is 61.8 Å². The van der Waals surface area contributed by atoms with Crippen molar-refractivity contribution in [3.63, 3.8) is 0 Å². The first-order valence-electron chi connectivity index (χ1n) is 7.81. The highest BCUT2D eigenvalue weighted by Crippen LogP contribution is 2.44. The zero-order chi connectivity index (χ0) is 19.9. The van der Waals surface area contributed by atoms with Gasteiger partial charge in [-0.3, -0.25) is 10.1 Å². The van der Waals surface area contributed by atoms with Crippen molar-refractivity contribution in [1.82, 2.24) is 4.98 Å². The molecule has 0 spiro atoms. The van der Waals surface area contributed by atoms with Crippen LogP contribution >= 0.6 is 0 Å². The van der Waals surface area contributed by atoms with Gasteiger partial charge in [0.2, 0.25) is 0 Å². The first kappa shape index (κ1) is 17.6. The summed E-state index contributed by atoms with van der Waals surface area (Å²) >= 11 is 0. The number of nitro benzene ring substituents is 1. The molecule has 0 radical (unpaired) electrons. The van der Waals surface area contributed by atoms with Crippen LogP contribution in [-0.2, 0) is 0 Å². The molecule has 0 saturated heterocycles. The molecule has 1 aromatic carbocycles. The van der Waals surface area contributed by atoms with Crippen LogP contribution in [0.3, 0.4) is 0 Å². The summed E-state index contributed by atoms with van der Waals surface area (Å²) in [4.78, 5) is 14.6. The summed E-state index contributed by atoms with van der Waals surface area (Å²) in [6.45, 7) is 3.46. The topological polar surface area (TPSA) is 150 Å². The van der Waals surface area contributed by atoms with E-state index >= 15 is 0 Å². The number of phenolic OH excluding ortho intramolecular Hbond substituents is 1. The molecule has 1 aromatic heterocycles. The van der Waals surface area contributed by atoms with Crippen LogP contribution in [0.5, 0.6) is 5.75 Å². The van der Waals surface area contributed by atoms with Gasteiger partial charge >= 0.3 is 5.69 Å². The molecule has 8 heteroatoms. The van der Waals surface area contributed by atoms with Crippen molar-refractivity contribution in [2.75, 3.05) is 5.73 Å². The molecule has 3 N–H and O–H groups in total. The van der Waals surface area contributed by atoms with E-state index in [1.807, 2.05) is 6.07 Å². The van der Waals surface area contributed by atoms with Crippen LogP contribution in [0.15, 0.2) is 23.8 Å². The van der Waals surface area contributed by atoms with Crippen LogP contribution in [0.4, 0.5) is 11.5 Å². The number of hydrogen-bond donors (Lipinski definition) is 2. The Morgan fingerprint density at radius 2 is 2.00 bits per heavy atom. The van der Waals surface area contributed by atoms with Crippen LogP contribution < -0.4 is 5.73 Å². The van der Waals surface area contributed by atoms with Crippen molar-refractivity contribution in [3.8, 4) is 17.9 Å². The maximum Gasteiger partial charge on any atom is 0.311 e. The minimum atomic E-state index is -0.676. The summed E-state index contributed by atoms with van der Waals surface area (Å²) in [5.74, 6) is -0.382. The van der Waals surface area contributed by atoms with Crippen molar-refractivity contribution in [2.24, 2.45) is 0 Å². The summed E-state index contributed by atoms with van der Waals surface area (Å²) in [5.41, 5.74) is 9.30. The van der Waals surface area contributed by atoms with Crippen LogP contribution in [0.2, 0.25) is 0 Å². The minimum absolute atomic E-state index is 0.0517. The number of fused-ring (bicyclic) bond motifs is 1. The van der Waals surface area contributed by atoms with Gasteiger partial charge < -0.3 is 10.8 Å². The highest BCUT2D eigenvalue weighted by atomic mass is 16.6. The summed E-state index contributed by atoms with van der Waals surface area (Å²) in [7, 11) is 0. The number of allylic oxidation sites excluding steroid dienone is 3. The van der Waals surface area contributed by atoms with E-state index < -0.39 is 16.4 Å². The van der Waals surface area contributed by atoms with Gasteiger partial charge in [-0.1, -0.05) is 6.07 Å². The van der Waals surface area contributed by atoms with Gasteiger partial charge in [0.1, 0.15) is 18.0 Å². The summed E-state index contributed by atoms with van der Waals surface area (Å²) in [6.07, 6.45) is 1.66. The number of nitro groups is 1. The van der Waals surface area contributed by atoms with E-state index in [0.717, 1.165) is 0 Å². The monoisotopic (exact) mass is 359 g/mol. The quantitative estimate of drug-likeness (QED) is 0.616. The Morgan fingerprint density at radius 1 is 1.30 bits per heavy atom. The first-order chi connectivity index (χ1) is 12.8. The number of nitrogens with two attached hydrogens (primary N) is 1. The fraction of sp³-hybridized carbons (Fsp3) is 0.105. The number of nitriles is 2. The predicted molar refractivity (Wildman–Crippen MR) is 98.9 cm³/mol. The lowest BCUT2D eigenvalue weighted by molar-refractivity contribution is -0.385. The molecule has 0 unspecified atom stereocenters. The van der Waals surface area contributed by atoms with Crippen LogP contribution in [0.1, 0.15) is 34.9 Å². The van der Waals surface area contributed by atoms with Crippen molar-refractivity contribution < 1.29 is 10.0 Å². The molecule has 0 fully saturated rings. The zero-order valence-electron chi connectivity index (χ0n) is 14.4. The van der Waals surface area contributed by atoms with E-state index in [-0.39, 0.29) is 11.4 Å². The van der Waals surface area contributed by atoms with E-state index in [0.29, 0.717) is 39.1 Å². The number of benzene rings is 1. The molecule has 3 rings (SSSR count). The SMILES string of the molecule is CC1=C(C#N)c2nc(N)c(C#N)c(C)c2C1=Cc1ccc(O)c([N+](=O)[O-])c1. The van der Waals surface area contributed by atoms with Gasteiger partial charge in [0.05, 0.1) is 21.8 Å². The molecular weight excluding hydrogens is 346 g/mol. The average Bonchev–Trinajstić information content (AvgIpc) is 2.87. The van der Waals surface area contributed by atoms with Gasteiger partial charge in [-0.05, 0) is 48.3 Å². The van der Waals surface area contributed by atoms with Crippen molar-refractivity contribution in [1.29, 1.82) is 10.5 Å². The Hall–Kier alpha value is -4.17. The van der Waals surface area contributed by atoms with E-state index in [4.69, 9.17) is 5.73 Å². The van der Waals surface area contributed by atoms with Crippen LogP contribution in [0.25, 0.3) is 17.2 Å². The second-order valence-electron chi connectivity index (χ2n) is 6.01. The zero-order valence-corrected chi connectivity index (χ0v) is 14.4. The molecule has 1 heterocycles. The summed E-state index contributed by atoms with van der Waals surface area (Å²) in [6, 6.07) is 8.13. The number of pyridine rings is 1. The normalized spacial score (nSPS) is 14.0. The fourth-order valence-electron chi connectivity index (χ4n) is 3.14. The first-order valence-corrected chi connectivity index (χ1v) is 7.81. The van der Waals surface area contributed by atoms with Gasteiger partial charge in [-0.2, -0.15) is 10.5 Å². The van der Waals surface area contributed by atoms with Crippen molar-refractivity contribution >= 4 is 28.7 Å². The highest BCUT2D eigenvalue weighted by Gasteiger charge is 2.29. The van der Waals surface area contributed by atoms with E-state index in [9.17, 15) is 25.7 Å². The molecule has 0 aliphatic heterocycles. The van der Waals surface area contributed by atoms with Crippen molar-refractivity contribution in [2.45, 2.75) is 13.8 Å². The number of anilines is 1.